The van der Waals surface area contributed by atoms with Crippen LogP contribution < -0.4 is 15.0 Å². The number of methoxy groups -OCH3 is 1. The van der Waals surface area contributed by atoms with Crippen molar-refractivity contribution in [2.45, 2.75) is 77.4 Å². The van der Waals surface area contributed by atoms with Gasteiger partial charge in [0.2, 0.25) is 11.8 Å². The van der Waals surface area contributed by atoms with E-state index in [9.17, 15) is 24.6 Å². The predicted octanol–water partition coefficient (Wildman–Crippen LogP) is 2.77. The average Bonchev–Trinajstić information content (AvgIpc) is 3.88. The molecule has 0 spiro atoms. The van der Waals surface area contributed by atoms with Crippen LogP contribution in [0.2, 0.25) is 0 Å². The second kappa shape index (κ2) is 15.1. The van der Waals surface area contributed by atoms with Crippen LogP contribution in [0.4, 0.5) is 5.69 Å². The summed E-state index contributed by atoms with van der Waals surface area (Å²) in [5.41, 5.74) is 3.77. The number of amides is 3. The smallest absolute Gasteiger partial charge is 0.254 e. The molecular weight excluding hydrogens is 690 g/mol. The fourth-order valence-corrected chi connectivity index (χ4v) is 9.71. The van der Waals surface area contributed by atoms with Crippen molar-refractivity contribution in [2.75, 3.05) is 65.6 Å². The molecule has 3 heterocycles. The van der Waals surface area contributed by atoms with Gasteiger partial charge in [0.25, 0.3) is 5.91 Å². The van der Waals surface area contributed by atoms with Crippen molar-refractivity contribution in [2.24, 2.45) is 29.1 Å². The molecule has 13 nitrogen and oxygen atoms in total. The quantitative estimate of drug-likeness (QED) is 0.294. The number of carbonyl (C=O) groups is 3. The van der Waals surface area contributed by atoms with Gasteiger partial charge in [-0.1, -0.05) is 39.0 Å². The van der Waals surface area contributed by atoms with E-state index in [4.69, 9.17) is 14.3 Å². The zero-order chi connectivity index (χ0) is 38.6. The highest BCUT2D eigenvalue weighted by atomic mass is 16.7. The molecule has 9 atom stereocenters. The topological polar surface area (TPSA) is 144 Å². The second-order valence-corrected chi connectivity index (χ2v) is 16.8. The van der Waals surface area contributed by atoms with Crippen LogP contribution >= 0.6 is 0 Å². The van der Waals surface area contributed by atoms with E-state index in [1.807, 2.05) is 55.4 Å². The minimum atomic E-state index is -0.914. The number of hydrogen-bond acceptors (Lipinski definition) is 10. The van der Waals surface area contributed by atoms with Gasteiger partial charge in [-0.05, 0) is 66.7 Å². The molecule has 3 aliphatic heterocycles. The van der Waals surface area contributed by atoms with Gasteiger partial charge < -0.3 is 39.7 Å². The summed E-state index contributed by atoms with van der Waals surface area (Å²) in [6.07, 6.45) is 0.427. The Morgan fingerprint density at radius 2 is 1.85 bits per heavy atom. The number of carbonyl (C=O) groups excluding carboxylic acids is 3. The molecule has 2 aromatic rings. The molecule has 3 aliphatic carbocycles. The largest absolute Gasteiger partial charge is 0.496 e. The summed E-state index contributed by atoms with van der Waals surface area (Å²) in [5.74, 6) is 0.843. The van der Waals surface area contributed by atoms with Crippen LogP contribution in [-0.2, 0) is 25.7 Å². The van der Waals surface area contributed by atoms with Crippen LogP contribution in [0.1, 0.15) is 56.5 Å². The Bertz CT molecular complexity index is 1740. The number of rotatable bonds is 11. The molecule has 54 heavy (non-hydrogen) atoms. The maximum Gasteiger partial charge on any atom is 0.254 e. The zero-order valence-electron chi connectivity index (χ0n) is 32.7. The van der Waals surface area contributed by atoms with Crippen molar-refractivity contribution >= 4 is 23.4 Å². The summed E-state index contributed by atoms with van der Waals surface area (Å²) in [7, 11) is 5.41. The van der Waals surface area contributed by atoms with Gasteiger partial charge in [-0.15, -0.1) is 0 Å². The molecule has 6 fully saturated rings. The first kappa shape index (κ1) is 38.5. The molecule has 3 saturated carbocycles. The number of aliphatic hydroxyl groups excluding tert-OH is 2. The first-order chi connectivity index (χ1) is 25.7. The third-order valence-corrected chi connectivity index (χ3v) is 13.2. The molecule has 294 valence electrons. The van der Waals surface area contributed by atoms with E-state index in [1.165, 1.54) is 6.42 Å². The summed E-state index contributed by atoms with van der Waals surface area (Å²) >= 11 is 0. The Kier molecular flexibility index (Phi) is 10.7. The first-order valence-corrected chi connectivity index (χ1v) is 19.4. The number of nitrogens with zero attached hydrogens (tertiary/aromatic N) is 4. The molecule has 3 saturated heterocycles. The minimum Gasteiger partial charge on any atom is -0.496 e. The van der Waals surface area contributed by atoms with Crippen LogP contribution in [0.25, 0.3) is 11.1 Å². The summed E-state index contributed by atoms with van der Waals surface area (Å²) < 4.78 is 11.5. The molecule has 0 radical (unpaired) electrons. The highest BCUT2D eigenvalue weighted by Gasteiger charge is 2.57. The number of fused-ring (bicyclic) bond motifs is 2. The van der Waals surface area contributed by atoms with E-state index < -0.39 is 30.2 Å². The Hall–Kier alpha value is -3.75. The summed E-state index contributed by atoms with van der Waals surface area (Å²) in [6, 6.07) is 10.1. The Balaban J connectivity index is 1.15. The van der Waals surface area contributed by atoms with E-state index >= 15 is 0 Å². The second-order valence-electron chi connectivity index (χ2n) is 16.8. The van der Waals surface area contributed by atoms with Crippen molar-refractivity contribution in [1.82, 2.24) is 20.2 Å². The van der Waals surface area contributed by atoms with Gasteiger partial charge in [0.1, 0.15) is 23.9 Å². The van der Waals surface area contributed by atoms with Gasteiger partial charge in [0.05, 0.1) is 46.1 Å². The molecule has 0 aromatic heterocycles. The minimum absolute atomic E-state index is 0.0254. The van der Waals surface area contributed by atoms with Gasteiger partial charge in [-0.25, -0.2) is 0 Å². The zero-order valence-corrected chi connectivity index (χ0v) is 32.7. The molecule has 8 rings (SSSR count). The number of morpholine rings is 1. The number of hydroxylamine groups is 2. The summed E-state index contributed by atoms with van der Waals surface area (Å²) in [4.78, 5) is 52.8. The van der Waals surface area contributed by atoms with E-state index in [-0.39, 0.29) is 42.3 Å². The monoisotopic (exact) mass is 747 g/mol. The Morgan fingerprint density at radius 3 is 2.48 bits per heavy atom. The maximum absolute atomic E-state index is 14.3. The number of nitrogens with one attached hydrogen (secondary N) is 1. The Morgan fingerprint density at radius 1 is 1.11 bits per heavy atom. The van der Waals surface area contributed by atoms with Crippen LogP contribution in [0.5, 0.6) is 5.75 Å². The van der Waals surface area contributed by atoms with E-state index in [1.54, 1.807) is 28.9 Å². The van der Waals surface area contributed by atoms with Crippen LogP contribution in [0.3, 0.4) is 0 Å². The van der Waals surface area contributed by atoms with Crippen LogP contribution in [0, 0.1) is 29.1 Å². The third kappa shape index (κ3) is 6.98. The number of ether oxygens (including phenoxy) is 2. The predicted molar refractivity (Wildman–Crippen MR) is 203 cm³/mol. The number of hydrogen-bond donors (Lipinski definition) is 3. The lowest BCUT2D eigenvalue weighted by Gasteiger charge is -2.62. The third-order valence-electron chi connectivity index (χ3n) is 13.2. The van der Waals surface area contributed by atoms with E-state index in [0.29, 0.717) is 61.9 Å². The van der Waals surface area contributed by atoms with Gasteiger partial charge in [-0.3, -0.25) is 19.2 Å². The molecule has 3 amide bonds. The standard InChI is InChI=1S/C41H57N5O8/c1-23-31-18-28(41(31,3)4)19-32(23)42-38(49)36-35(24(2)48)34(22-47)54-46(36)20-25-9-8-10-30(37(25)52-7)26-15-27(17-29(16-26)43(5)6)39(50)45-21-33(45)40(51)44-11-13-53-14-12-44/h8-10,15-17,23-24,28,31-36,47-48H,11-14,18-22H2,1-7H3,(H,42,49)/t23-,24-,28-,31+,32-,33+,34-,35-,36-,45?/m0/s1. The molecule has 2 aromatic carbocycles. The average molecular weight is 748 g/mol. The number of aliphatic hydroxyl groups is 2. The normalized spacial score (nSPS) is 30.7. The van der Waals surface area contributed by atoms with Crippen molar-refractivity contribution in [3.05, 3.63) is 47.5 Å². The number of anilines is 1. The fourth-order valence-electron chi connectivity index (χ4n) is 9.71. The van der Waals surface area contributed by atoms with E-state index in [0.717, 1.165) is 28.8 Å². The highest BCUT2D eigenvalue weighted by Crippen LogP contribution is 2.61. The van der Waals surface area contributed by atoms with Crippen molar-refractivity contribution < 1.29 is 38.9 Å². The van der Waals surface area contributed by atoms with Crippen LogP contribution in [-0.4, -0.2) is 134 Å². The van der Waals surface area contributed by atoms with Crippen molar-refractivity contribution in [1.29, 1.82) is 0 Å². The van der Waals surface area contributed by atoms with Gasteiger partial charge in [0, 0.05) is 61.5 Å². The lowest BCUT2D eigenvalue weighted by Crippen LogP contribution is -2.62. The van der Waals surface area contributed by atoms with Gasteiger partial charge in [-0.2, -0.15) is 5.06 Å². The van der Waals surface area contributed by atoms with Crippen molar-refractivity contribution in [3.8, 4) is 16.9 Å². The molecule has 13 heteroatoms. The van der Waals surface area contributed by atoms with Gasteiger partial charge >= 0.3 is 0 Å². The first-order valence-electron chi connectivity index (χ1n) is 19.4. The number of para-hydroxylation sites is 1. The maximum atomic E-state index is 14.3. The van der Waals surface area contributed by atoms with Crippen molar-refractivity contribution in [3.63, 3.8) is 0 Å². The number of benzene rings is 2. The molecule has 6 aliphatic rings. The van der Waals surface area contributed by atoms with Crippen LogP contribution in [0.15, 0.2) is 36.4 Å². The molecular formula is C41H57N5O8. The molecule has 0 unspecified atom stereocenters. The lowest BCUT2D eigenvalue weighted by molar-refractivity contribution is -0.183. The summed E-state index contributed by atoms with van der Waals surface area (Å²) in [6.45, 7) is 10.8. The highest BCUT2D eigenvalue weighted by molar-refractivity contribution is 6.02. The molecule has 2 bridgehead atoms. The fraction of sp³-hybridized carbons (Fsp3) is 0.634. The van der Waals surface area contributed by atoms with E-state index in [2.05, 4.69) is 26.1 Å². The lowest BCUT2D eigenvalue weighted by atomic mass is 9.45. The SMILES string of the molecule is COc1c(CN2O[C@@H](CO)[C@H]([C@H](C)O)[C@H]2C(=O)N[C@H]2C[C@@H]3C[C@H]([C@@H]2C)C3(C)C)cccc1-c1cc(C(=O)N2C[C@@H]2C(=O)N2CCOCC2)cc(N(C)C)c1. The Labute approximate surface area is 318 Å². The molecule has 3 N–H and O–H groups in total. The van der Waals surface area contributed by atoms with Gasteiger partial charge in [0.15, 0.2) is 0 Å². The summed E-state index contributed by atoms with van der Waals surface area (Å²) in [5, 5.41) is 26.2.